The second-order valence-electron chi connectivity index (χ2n) is 4.95. The number of hydrogen-bond donors (Lipinski definition) is 1. The Balaban J connectivity index is 2.17. The standard InChI is InChI=1S/C15H20ClN3/c1-11(2)19-9-8-12(18-19)10-15(17-3)13-6-4-5-7-14(13)16/h4-9,11,15,17H,10H2,1-3H3. The molecule has 4 heteroatoms. The molecule has 3 nitrogen and oxygen atoms in total. The zero-order valence-electron chi connectivity index (χ0n) is 11.6. The van der Waals surface area contributed by atoms with E-state index in [9.17, 15) is 0 Å². The third-order valence-electron chi connectivity index (χ3n) is 3.24. The van der Waals surface area contributed by atoms with Crippen molar-refractivity contribution in [2.45, 2.75) is 32.4 Å². The third kappa shape index (κ3) is 3.37. The van der Waals surface area contributed by atoms with Crippen molar-refractivity contribution in [2.75, 3.05) is 7.05 Å². The van der Waals surface area contributed by atoms with Crippen LogP contribution >= 0.6 is 11.6 Å². The number of rotatable bonds is 5. The fraction of sp³-hybridized carbons (Fsp3) is 0.400. The minimum absolute atomic E-state index is 0.184. The Kier molecular flexibility index (Phi) is 4.61. The van der Waals surface area contributed by atoms with Crippen molar-refractivity contribution < 1.29 is 0 Å². The summed E-state index contributed by atoms with van der Waals surface area (Å²) in [4.78, 5) is 0. The quantitative estimate of drug-likeness (QED) is 0.905. The Morgan fingerprint density at radius 1 is 1.26 bits per heavy atom. The van der Waals surface area contributed by atoms with Crippen LogP contribution in [0.15, 0.2) is 36.5 Å². The summed E-state index contributed by atoms with van der Waals surface area (Å²) in [7, 11) is 1.95. The summed E-state index contributed by atoms with van der Waals surface area (Å²) < 4.78 is 1.98. The predicted octanol–water partition coefficient (Wildman–Crippen LogP) is 3.62. The number of likely N-dealkylation sites (N-methyl/N-ethyl adjacent to an activating group) is 1. The first-order valence-electron chi connectivity index (χ1n) is 6.57. The normalized spacial score (nSPS) is 12.9. The first-order chi connectivity index (χ1) is 9.11. The molecular weight excluding hydrogens is 258 g/mol. The van der Waals surface area contributed by atoms with Gasteiger partial charge in [-0.05, 0) is 38.6 Å². The van der Waals surface area contributed by atoms with Crippen molar-refractivity contribution in [3.63, 3.8) is 0 Å². The van der Waals surface area contributed by atoms with Gasteiger partial charge in [0.15, 0.2) is 0 Å². The van der Waals surface area contributed by atoms with Crippen LogP contribution in [0.25, 0.3) is 0 Å². The molecule has 1 N–H and O–H groups in total. The first kappa shape index (κ1) is 14.1. The molecule has 0 spiro atoms. The summed E-state index contributed by atoms with van der Waals surface area (Å²) in [5.74, 6) is 0. The largest absolute Gasteiger partial charge is 0.313 e. The van der Waals surface area contributed by atoms with Crippen molar-refractivity contribution in [1.29, 1.82) is 0 Å². The van der Waals surface area contributed by atoms with Crippen LogP contribution in [0.4, 0.5) is 0 Å². The minimum Gasteiger partial charge on any atom is -0.313 e. The van der Waals surface area contributed by atoms with E-state index in [0.717, 1.165) is 22.7 Å². The van der Waals surface area contributed by atoms with Crippen molar-refractivity contribution >= 4 is 11.6 Å². The summed E-state index contributed by atoms with van der Waals surface area (Å²) >= 11 is 6.25. The monoisotopic (exact) mass is 277 g/mol. The highest BCUT2D eigenvalue weighted by Crippen LogP contribution is 2.25. The van der Waals surface area contributed by atoms with Gasteiger partial charge >= 0.3 is 0 Å². The Bertz CT molecular complexity index is 534. The lowest BCUT2D eigenvalue weighted by Crippen LogP contribution is -2.19. The third-order valence-corrected chi connectivity index (χ3v) is 3.58. The molecule has 0 aliphatic carbocycles. The summed E-state index contributed by atoms with van der Waals surface area (Å²) in [5.41, 5.74) is 2.19. The maximum Gasteiger partial charge on any atom is 0.0643 e. The first-order valence-corrected chi connectivity index (χ1v) is 6.95. The molecule has 0 bridgehead atoms. The topological polar surface area (TPSA) is 29.9 Å². The molecule has 1 aromatic heterocycles. The number of halogens is 1. The molecule has 102 valence electrons. The van der Waals surface area contributed by atoms with Crippen LogP contribution in [0.1, 0.15) is 37.2 Å². The van der Waals surface area contributed by atoms with Crippen LogP contribution in [0.3, 0.4) is 0 Å². The SMILES string of the molecule is CNC(Cc1ccn(C(C)C)n1)c1ccccc1Cl. The lowest BCUT2D eigenvalue weighted by Gasteiger charge is -2.17. The van der Waals surface area contributed by atoms with Gasteiger partial charge in [-0.1, -0.05) is 29.8 Å². The fourth-order valence-electron chi connectivity index (χ4n) is 2.11. The van der Waals surface area contributed by atoms with Gasteiger partial charge in [-0.3, -0.25) is 4.68 Å². The molecular formula is C15H20ClN3. The van der Waals surface area contributed by atoms with E-state index in [1.54, 1.807) is 0 Å². The van der Waals surface area contributed by atoms with Crippen LogP contribution in [0.5, 0.6) is 0 Å². The Morgan fingerprint density at radius 2 is 2.00 bits per heavy atom. The zero-order chi connectivity index (χ0) is 13.8. The van der Waals surface area contributed by atoms with E-state index in [0.29, 0.717) is 6.04 Å². The Hall–Kier alpha value is -1.32. The zero-order valence-corrected chi connectivity index (χ0v) is 12.4. The molecule has 0 aliphatic rings. The summed E-state index contributed by atoms with van der Waals surface area (Å²) in [6.07, 6.45) is 2.86. The Morgan fingerprint density at radius 3 is 2.58 bits per heavy atom. The van der Waals surface area contributed by atoms with E-state index in [4.69, 9.17) is 11.6 Å². The fourth-order valence-corrected chi connectivity index (χ4v) is 2.38. The van der Waals surface area contributed by atoms with Gasteiger partial charge in [0.25, 0.3) is 0 Å². The van der Waals surface area contributed by atoms with Gasteiger partial charge in [-0.25, -0.2) is 0 Å². The average molecular weight is 278 g/mol. The molecule has 0 saturated carbocycles. The summed E-state index contributed by atoms with van der Waals surface area (Å²) in [6.45, 7) is 4.25. The predicted molar refractivity (Wildman–Crippen MR) is 79.6 cm³/mol. The van der Waals surface area contributed by atoms with Crippen molar-refractivity contribution in [3.05, 3.63) is 52.8 Å². The van der Waals surface area contributed by atoms with Gasteiger partial charge in [0.2, 0.25) is 0 Å². The van der Waals surface area contributed by atoms with Crippen LogP contribution in [0, 0.1) is 0 Å². The van der Waals surface area contributed by atoms with E-state index in [2.05, 4.69) is 36.4 Å². The highest BCUT2D eigenvalue weighted by Gasteiger charge is 2.14. The summed E-state index contributed by atoms with van der Waals surface area (Å²) in [5, 5.41) is 8.70. The lowest BCUT2D eigenvalue weighted by atomic mass is 10.0. The second-order valence-corrected chi connectivity index (χ2v) is 5.35. The van der Waals surface area contributed by atoms with E-state index < -0.39 is 0 Å². The maximum absolute atomic E-state index is 6.25. The van der Waals surface area contributed by atoms with Crippen molar-refractivity contribution in [1.82, 2.24) is 15.1 Å². The Labute approximate surface area is 119 Å². The van der Waals surface area contributed by atoms with E-state index in [1.807, 2.05) is 36.1 Å². The second kappa shape index (κ2) is 6.22. The van der Waals surface area contributed by atoms with E-state index in [-0.39, 0.29) is 6.04 Å². The molecule has 0 aliphatic heterocycles. The van der Waals surface area contributed by atoms with Gasteiger partial charge in [0.05, 0.1) is 5.69 Å². The van der Waals surface area contributed by atoms with Gasteiger partial charge in [0, 0.05) is 29.7 Å². The molecule has 1 aromatic carbocycles. The van der Waals surface area contributed by atoms with Gasteiger partial charge in [0.1, 0.15) is 0 Å². The molecule has 0 amide bonds. The van der Waals surface area contributed by atoms with Crippen LogP contribution in [0.2, 0.25) is 5.02 Å². The van der Waals surface area contributed by atoms with Crippen molar-refractivity contribution in [2.24, 2.45) is 0 Å². The number of hydrogen-bond acceptors (Lipinski definition) is 2. The molecule has 1 unspecified atom stereocenters. The molecule has 2 rings (SSSR count). The average Bonchev–Trinajstić information content (AvgIpc) is 2.86. The van der Waals surface area contributed by atoms with E-state index in [1.165, 1.54) is 0 Å². The molecule has 19 heavy (non-hydrogen) atoms. The van der Waals surface area contributed by atoms with Crippen molar-refractivity contribution in [3.8, 4) is 0 Å². The molecule has 1 atom stereocenters. The van der Waals surface area contributed by atoms with Gasteiger partial charge in [-0.15, -0.1) is 0 Å². The van der Waals surface area contributed by atoms with Crippen LogP contribution in [-0.4, -0.2) is 16.8 Å². The minimum atomic E-state index is 0.184. The maximum atomic E-state index is 6.25. The van der Waals surface area contributed by atoms with Gasteiger partial charge < -0.3 is 5.32 Å². The smallest absolute Gasteiger partial charge is 0.0643 e. The molecule has 0 fully saturated rings. The lowest BCUT2D eigenvalue weighted by molar-refractivity contribution is 0.515. The van der Waals surface area contributed by atoms with Gasteiger partial charge in [-0.2, -0.15) is 5.10 Å². The van der Waals surface area contributed by atoms with E-state index >= 15 is 0 Å². The number of aromatic nitrogens is 2. The highest BCUT2D eigenvalue weighted by atomic mass is 35.5. The number of benzene rings is 1. The molecule has 0 radical (unpaired) electrons. The molecule has 1 heterocycles. The van der Waals surface area contributed by atoms with Crippen LogP contribution in [-0.2, 0) is 6.42 Å². The molecule has 2 aromatic rings. The highest BCUT2D eigenvalue weighted by molar-refractivity contribution is 6.31. The van der Waals surface area contributed by atoms with Crippen LogP contribution < -0.4 is 5.32 Å². The number of nitrogens with one attached hydrogen (secondary N) is 1. The summed E-state index contributed by atoms with van der Waals surface area (Å²) in [6, 6.07) is 10.6. The molecule has 0 saturated heterocycles. The number of nitrogens with zero attached hydrogens (tertiary/aromatic N) is 2.